The number of nitrogens with zero attached hydrogens (tertiary/aromatic N) is 6. The predicted octanol–water partition coefficient (Wildman–Crippen LogP) is -4.56. The van der Waals surface area contributed by atoms with E-state index < -0.39 is 51.6 Å². The third-order valence-electron chi connectivity index (χ3n) is 7.49. The number of aromatic nitrogens is 6. The van der Waals surface area contributed by atoms with Crippen molar-refractivity contribution in [3.63, 3.8) is 0 Å². The number of hydrogen-bond donors (Lipinski definition) is 4. The van der Waals surface area contributed by atoms with E-state index in [1.807, 2.05) is 72.8 Å². The fourth-order valence-electron chi connectivity index (χ4n) is 4.85. The normalized spacial score (nSPS) is 13.2. The second-order valence-electron chi connectivity index (χ2n) is 11.6. The van der Waals surface area contributed by atoms with Crippen molar-refractivity contribution < 1.29 is 123 Å². The summed E-state index contributed by atoms with van der Waals surface area (Å²) < 4.78 is 42.5. The average Bonchev–Trinajstić information content (AvgIpc) is 3.21. The summed E-state index contributed by atoms with van der Waals surface area (Å²) in [4.78, 5) is 105. The van der Waals surface area contributed by atoms with E-state index in [2.05, 4.69) is 19.9 Å². The maximum absolute atomic E-state index is 10.6. The van der Waals surface area contributed by atoms with Crippen LogP contribution in [0.1, 0.15) is 0 Å². The fraction of sp³-hybridized carbons (Fsp3) is 0. The third kappa shape index (κ3) is 19.0. The molecule has 30 heteroatoms. The van der Waals surface area contributed by atoms with Crippen molar-refractivity contribution in [3.8, 4) is 45.6 Å². The molecule has 20 N–H and O–H groups in total. The van der Waals surface area contributed by atoms with Crippen LogP contribution >= 0.6 is 30.4 Å². The van der Waals surface area contributed by atoms with Gasteiger partial charge in [0.05, 0.1) is 22.8 Å². The molecule has 66 heavy (non-hydrogen) atoms. The molecule has 4 unspecified atom stereocenters. The molecule has 0 aliphatic rings. The molecule has 0 amide bonds. The molecule has 0 spiro atoms. The monoisotopic (exact) mass is 1090 g/mol. The minimum atomic E-state index is -4.74. The molecule has 0 aliphatic heterocycles. The standard InChI is InChI=1S/C24H16N6.2C6H8O6P2.2Ni.6H2O/c1-5-13-25-17(9-1)21-22(18-10-2-6-14-26-18)30-24(20-12-4-8-16-28-20)23(29-21)19-11-3-7-15-27-19;2*7-13(8,9)5-2-1-3-6(4-5)14(10,11)12;;;;;;;;/h1-16H;2*1-4H,(H2,7,8,9)(H2,10,11,12);;;6*1H2/q;;;2*+2;;;;;;. The van der Waals surface area contributed by atoms with Gasteiger partial charge in [-0.3, -0.25) is 19.9 Å². The zero-order chi connectivity index (χ0) is 42.1. The van der Waals surface area contributed by atoms with E-state index in [1.165, 1.54) is 0 Å². The molecule has 0 aliphatic carbocycles. The Morgan fingerprint density at radius 1 is 0.348 bits per heavy atom. The van der Waals surface area contributed by atoms with Gasteiger partial charge in [0.1, 0.15) is 22.8 Å². The molecular weight excluding hydrogens is 1050 g/mol. The van der Waals surface area contributed by atoms with Crippen molar-refractivity contribution in [2.45, 2.75) is 0 Å². The molecule has 4 atom stereocenters. The van der Waals surface area contributed by atoms with Crippen LogP contribution in [0.4, 0.5) is 0 Å². The minimum absolute atomic E-state index is 0. The van der Waals surface area contributed by atoms with Crippen molar-refractivity contribution in [2.75, 3.05) is 0 Å². The first-order chi connectivity index (χ1) is 27.3. The fourth-order valence-corrected chi connectivity index (χ4v) is 7.36. The molecule has 5 aromatic heterocycles. The first-order valence-corrected chi connectivity index (χ1v) is 22.6. The molecule has 7 aromatic rings. The zero-order valence-electron chi connectivity index (χ0n) is 33.3. The first-order valence-electron chi connectivity index (χ1n) is 16.3. The summed E-state index contributed by atoms with van der Waals surface area (Å²) in [5.74, 6) is 0. The van der Waals surface area contributed by atoms with Crippen LogP contribution < -0.4 is 40.8 Å². The summed E-state index contributed by atoms with van der Waals surface area (Å²) in [5.41, 5.74) is 5.46. The second kappa shape index (κ2) is 29.3. The summed E-state index contributed by atoms with van der Waals surface area (Å²) in [7, 11) is -18.9. The van der Waals surface area contributed by atoms with Crippen LogP contribution in [0.25, 0.3) is 45.6 Å². The van der Waals surface area contributed by atoms with Gasteiger partial charge in [-0.15, -0.1) is 0 Å². The maximum atomic E-state index is 10.6. The van der Waals surface area contributed by atoms with Crippen LogP contribution in [0.3, 0.4) is 0 Å². The van der Waals surface area contributed by atoms with Crippen LogP contribution in [0.5, 0.6) is 0 Å². The van der Waals surface area contributed by atoms with Crippen LogP contribution in [0, 0.1) is 0 Å². The van der Waals surface area contributed by atoms with Crippen LogP contribution in [-0.2, 0) is 73.1 Å². The van der Waals surface area contributed by atoms with E-state index in [-0.39, 0.29) is 65.8 Å². The first kappa shape index (κ1) is 68.1. The summed E-state index contributed by atoms with van der Waals surface area (Å²) >= 11 is 0. The minimum Gasteiger partial charge on any atom is -0.775 e. The molecular formula is C36H44N6Ni2O18P4+4. The quantitative estimate of drug-likeness (QED) is 0.0632. The summed E-state index contributed by atoms with van der Waals surface area (Å²) in [6.07, 6.45) is 6.97. The van der Waals surface area contributed by atoms with Gasteiger partial charge in [-0.05, 0) is 60.7 Å². The topological polar surface area (TPSA) is 514 Å². The predicted molar refractivity (Wildman–Crippen MR) is 232 cm³/mol. The Balaban J connectivity index is -0.000000460. The Bertz CT molecular complexity index is 2350. The van der Waals surface area contributed by atoms with Crippen molar-refractivity contribution in [1.82, 2.24) is 29.9 Å². The Kier molecular flexibility index (Phi) is 30.2. The molecule has 0 saturated heterocycles. The maximum Gasteiger partial charge on any atom is 2.00 e. The number of pyridine rings is 4. The molecule has 5 heterocycles. The van der Waals surface area contributed by atoms with Gasteiger partial charge in [0, 0.05) is 46.0 Å². The van der Waals surface area contributed by atoms with E-state index in [9.17, 15) is 37.8 Å². The molecule has 0 bridgehead atoms. The average molecular weight is 1090 g/mol. The Morgan fingerprint density at radius 3 is 0.697 bits per heavy atom. The number of rotatable bonds is 8. The van der Waals surface area contributed by atoms with Crippen molar-refractivity contribution in [1.29, 1.82) is 0 Å². The van der Waals surface area contributed by atoms with Gasteiger partial charge < -0.3 is 90.3 Å². The van der Waals surface area contributed by atoms with Crippen molar-refractivity contribution in [2.24, 2.45) is 0 Å². The van der Waals surface area contributed by atoms with Crippen LogP contribution in [0.15, 0.2) is 146 Å². The summed E-state index contributed by atoms with van der Waals surface area (Å²) in [5, 5.41) is -2.22. The third-order valence-corrected chi connectivity index (χ3v) is 11.2. The zero-order valence-corrected chi connectivity index (χ0v) is 38.9. The van der Waals surface area contributed by atoms with Crippen molar-refractivity contribution in [3.05, 3.63) is 146 Å². The molecule has 2 aromatic carbocycles. The summed E-state index contributed by atoms with van der Waals surface area (Å²) in [6, 6.07) is 30.5. The van der Waals surface area contributed by atoms with Crippen molar-refractivity contribution >= 4 is 51.6 Å². The van der Waals surface area contributed by atoms with Gasteiger partial charge in [0.15, 0.2) is 30.4 Å². The van der Waals surface area contributed by atoms with E-state index in [4.69, 9.17) is 29.5 Å². The smallest absolute Gasteiger partial charge is 0.775 e. The largest absolute Gasteiger partial charge is 2.00 e. The number of hydrogen-bond acceptors (Lipinski definition) is 14. The summed E-state index contributed by atoms with van der Waals surface area (Å²) in [6.45, 7) is 0. The Labute approximate surface area is 394 Å². The number of benzene rings is 2. The van der Waals surface area contributed by atoms with Gasteiger partial charge in [-0.2, -0.15) is 0 Å². The van der Waals surface area contributed by atoms with Gasteiger partial charge in [0.2, 0.25) is 0 Å². The van der Waals surface area contributed by atoms with Gasteiger partial charge in [-0.25, -0.2) is 9.97 Å². The van der Waals surface area contributed by atoms with E-state index in [0.29, 0.717) is 34.9 Å². The molecule has 24 nitrogen and oxygen atoms in total. The van der Waals surface area contributed by atoms with E-state index in [1.54, 1.807) is 24.8 Å². The van der Waals surface area contributed by atoms with Gasteiger partial charge in [0.25, 0.3) is 0 Å². The second-order valence-corrected chi connectivity index (χ2v) is 17.8. The van der Waals surface area contributed by atoms with Crippen LogP contribution in [0.2, 0.25) is 0 Å². The molecule has 362 valence electrons. The Hall–Kier alpha value is -4.53. The van der Waals surface area contributed by atoms with E-state index in [0.717, 1.165) is 59.2 Å². The van der Waals surface area contributed by atoms with Gasteiger partial charge in [-0.1, -0.05) is 60.7 Å². The van der Waals surface area contributed by atoms with E-state index >= 15 is 0 Å². The van der Waals surface area contributed by atoms with Crippen LogP contribution in [-0.4, -0.2) is 60.4 Å². The molecule has 0 saturated carbocycles. The Morgan fingerprint density at radius 2 is 0.545 bits per heavy atom. The van der Waals surface area contributed by atoms with Gasteiger partial charge >= 0.3 is 33.0 Å². The molecule has 0 fully saturated rings. The SMILES string of the molecule is O.O.O=P([O-])(O)c1cccc(P(=O)([O-])O)c1.O=P([O-])(O)c1cccc(P(=O)([O-])O)c1.[Ni+2].[Ni+2].[OH3+].[OH3+].[OH3+].[OH3+].c1ccc(-c2nc(-c3ccccn3)c(-c3ccccn3)nc2-c2ccccn2)nc1. The molecule has 7 rings (SSSR count). The molecule has 0 radical (unpaired) electrons.